The third-order valence-electron chi connectivity index (χ3n) is 2.45. The molecule has 0 saturated heterocycles. The summed E-state index contributed by atoms with van der Waals surface area (Å²) in [6, 6.07) is 4.25. The molecule has 0 amide bonds. The van der Waals surface area contributed by atoms with Gasteiger partial charge in [-0.05, 0) is 24.1 Å². The number of aromatic nitrogens is 2. The lowest BCUT2D eigenvalue weighted by Gasteiger charge is -2.09. The number of H-pyrrole nitrogens is 1. The third-order valence-corrected chi connectivity index (χ3v) is 2.45. The number of nitrogens with one attached hydrogen (secondary N) is 1. The number of hydrogen-bond acceptors (Lipinski definition) is 2. The van der Waals surface area contributed by atoms with Crippen LogP contribution in [0.15, 0.2) is 24.5 Å². The molecule has 0 aliphatic carbocycles. The largest absolute Gasteiger partial charge is 0.346 e. The molecule has 0 bridgehead atoms. The molecule has 0 fully saturated rings. The predicted octanol–water partition coefficient (Wildman–Crippen LogP) is 2.36. The lowest BCUT2D eigenvalue weighted by Crippen LogP contribution is -2.09. The molecule has 3 nitrogen and oxygen atoms in total. The molecule has 1 atom stereocenters. The van der Waals surface area contributed by atoms with E-state index in [1.165, 1.54) is 0 Å². The minimum atomic E-state index is 0.117. The van der Waals surface area contributed by atoms with Crippen molar-refractivity contribution in [1.29, 1.82) is 0 Å². The van der Waals surface area contributed by atoms with Gasteiger partial charge in [-0.3, -0.25) is 0 Å². The Kier molecular flexibility index (Phi) is 2.50. The number of pyridine rings is 1. The van der Waals surface area contributed by atoms with E-state index in [4.69, 9.17) is 5.73 Å². The Hall–Kier alpha value is -1.35. The van der Waals surface area contributed by atoms with E-state index in [1.54, 1.807) is 0 Å². The van der Waals surface area contributed by atoms with Crippen molar-refractivity contribution in [3.8, 4) is 0 Å². The minimum Gasteiger partial charge on any atom is -0.346 e. The fourth-order valence-electron chi connectivity index (χ4n) is 1.64. The summed E-state index contributed by atoms with van der Waals surface area (Å²) in [4.78, 5) is 7.37. The number of hydrogen-bond donors (Lipinski definition) is 2. The number of nitrogens with two attached hydrogens (primary N) is 1. The highest BCUT2D eigenvalue weighted by Gasteiger charge is 2.06. The topological polar surface area (TPSA) is 54.7 Å². The second kappa shape index (κ2) is 3.80. The van der Waals surface area contributed by atoms with E-state index >= 15 is 0 Å². The molecular weight excluding hydrogens is 174 g/mol. The Morgan fingerprint density at radius 3 is 3.21 bits per heavy atom. The monoisotopic (exact) mass is 189 g/mol. The van der Waals surface area contributed by atoms with Gasteiger partial charge in [-0.15, -0.1) is 0 Å². The van der Waals surface area contributed by atoms with E-state index in [2.05, 4.69) is 23.0 Å². The van der Waals surface area contributed by atoms with Crippen LogP contribution in [0.4, 0.5) is 0 Å². The molecule has 1 unspecified atom stereocenters. The maximum atomic E-state index is 6.02. The highest BCUT2D eigenvalue weighted by atomic mass is 14.8. The summed E-state index contributed by atoms with van der Waals surface area (Å²) in [6.45, 7) is 2.14. The molecule has 0 aromatic carbocycles. The van der Waals surface area contributed by atoms with Gasteiger partial charge in [0.05, 0.1) is 0 Å². The van der Waals surface area contributed by atoms with Crippen molar-refractivity contribution in [1.82, 2.24) is 9.97 Å². The quantitative estimate of drug-likeness (QED) is 0.778. The Bertz CT molecular complexity index is 419. The highest BCUT2D eigenvalue weighted by molar-refractivity contribution is 5.75. The van der Waals surface area contributed by atoms with Crippen molar-refractivity contribution in [2.45, 2.75) is 25.8 Å². The van der Waals surface area contributed by atoms with Crippen LogP contribution < -0.4 is 5.73 Å². The van der Waals surface area contributed by atoms with Gasteiger partial charge in [0.1, 0.15) is 5.65 Å². The molecule has 74 valence electrons. The van der Waals surface area contributed by atoms with Crippen LogP contribution >= 0.6 is 0 Å². The van der Waals surface area contributed by atoms with Crippen molar-refractivity contribution in [3.63, 3.8) is 0 Å². The van der Waals surface area contributed by atoms with Gasteiger partial charge in [0.25, 0.3) is 0 Å². The first-order valence-corrected chi connectivity index (χ1v) is 5.00. The summed E-state index contributed by atoms with van der Waals surface area (Å²) in [5.74, 6) is 0. The van der Waals surface area contributed by atoms with Gasteiger partial charge >= 0.3 is 0 Å². The summed E-state index contributed by atoms with van der Waals surface area (Å²) < 4.78 is 0. The molecule has 0 aliphatic heterocycles. The molecule has 14 heavy (non-hydrogen) atoms. The summed E-state index contributed by atoms with van der Waals surface area (Å²) in [5, 5.41) is 1.13. The van der Waals surface area contributed by atoms with E-state index in [0.717, 1.165) is 29.4 Å². The van der Waals surface area contributed by atoms with E-state index in [1.807, 2.05) is 18.5 Å². The highest BCUT2D eigenvalue weighted by Crippen LogP contribution is 2.18. The second-order valence-electron chi connectivity index (χ2n) is 3.58. The first-order chi connectivity index (χ1) is 6.81. The molecule has 2 aromatic heterocycles. The van der Waals surface area contributed by atoms with Gasteiger partial charge in [-0.1, -0.05) is 13.3 Å². The third kappa shape index (κ3) is 1.63. The Morgan fingerprint density at radius 1 is 1.57 bits per heavy atom. The van der Waals surface area contributed by atoms with Gasteiger partial charge in [0.2, 0.25) is 0 Å². The van der Waals surface area contributed by atoms with Crippen molar-refractivity contribution in [2.24, 2.45) is 5.73 Å². The van der Waals surface area contributed by atoms with Crippen LogP contribution in [-0.2, 0) is 0 Å². The summed E-state index contributed by atoms with van der Waals surface area (Å²) in [6.07, 6.45) is 5.87. The van der Waals surface area contributed by atoms with Crippen LogP contribution in [0.1, 0.15) is 31.4 Å². The van der Waals surface area contributed by atoms with Crippen molar-refractivity contribution in [2.75, 3.05) is 0 Å². The molecule has 3 N–H and O–H groups in total. The summed E-state index contributed by atoms with van der Waals surface area (Å²) >= 11 is 0. The Morgan fingerprint density at radius 2 is 2.43 bits per heavy atom. The normalized spacial score (nSPS) is 13.3. The zero-order valence-electron chi connectivity index (χ0n) is 8.33. The molecule has 0 saturated carbocycles. The molecule has 0 radical (unpaired) electrons. The first-order valence-electron chi connectivity index (χ1n) is 5.00. The zero-order valence-corrected chi connectivity index (χ0v) is 8.33. The van der Waals surface area contributed by atoms with Gasteiger partial charge in [0, 0.05) is 23.8 Å². The Labute approximate surface area is 83.3 Å². The van der Waals surface area contributed by atoms with E-state index in [0.29, 0.717) is 0 Å². The predicted molar refractivity (Wildman–Crippen MR) is 57.9 cm³/mol. The van der Waals surface area contributed by atoms with Gasteiger partial charge in [0.15, 0.2) is 0 Å². The number of fused-ring (bicyclic) bond motifs is 1. The van der Waals surface area contributed by atoms with Crippen molar-refractivity contribution >= 4 is 11.0 Å². The van der Waals surface area contributed by atoms with Crippen LogP contribution in [0.25, 0.3) is 11.0 Å². The van der Waals surface area contributed by atoms with E-state index < -0.39 is 0 Å². The van der Waals surface area contributed by atoms with Crippen LogP contribution in [0.5, 0.6) is 0 Å². The SMILES string of the molecule is CCCC(N)c1cnc2[nH]ccc2c1. The van der Waals surface area contributed by atoms with E-state index in [-0.39, 0.29) is 6.04 Å². The van der Waals surface area contributed by atoms with Crippen LogP contribution in [0.3, 0.4) is 0 Å². The average Bonchev–Trinajstić information content (AvgIpc) is 2.64. The lowest BCUT2D eigenvalue weighted by atomic mass is 10.0. The average molecular weight is 189 g/mol. The number of rotatable bonds is 3. The van der Waals surface area contributed by atoms with Crippen LogP contribution in [-0.4, -0.2) is 9.97 Å². The maximum absolute atomic E-state index is 6.02. The smallest absolute Gasteiger partial charge is 0.137 e. The fraction of sp³-hybridized carbons (Fsp3) is 0.364. The maximum Gasteiger partial charge on any atom is 0.137 e. The van der Waals surface area contributed by atoms with Crippen LogP contribution in [0, 0.1) is 0 Å². The Balaban J connectivity index is 2.33. The fourth-order valence-corrected chi connectivity index (χ4v) is 1.64. The molecule has 2 heterocycles. The minimum absolute atomic E-state index is 0.117. The zero-order chi connectivity index (χ0) is 9.97. The van der Waals surface area contributed by atoms with E-state index in [9.17, 15) is 0 Å². The molecular formula is C11H15N3. The van der Waals surface area contributed by atoms with Gasteiger partial charge < -0.3 is 10.7 Å². The van der Waals surface area contributed by atoms with Crippen molar-refractivity contribution in [3.05, 3.63) is 30.1 Å². The first kappa shape index (κ1) is 9.21. The molecule has 0 spiro atoms. The molecule has 0 aliphatic rings. The lowest BCUT2D eigenvalue weighted by molar-refractivity contribution is 0.637. The molecule has 2 aromatic rings. The van der Waals surface area contributed by atoms with Gasteiger partial charge in [-0.2, -0.15) is 0 Å². The number of nitrogens with zero attached hydrogens (tertiary/aromatic N) is 1. The standard InChI is InChI=1S/C11H15N3/c1-2-3-10(12)9-6-8-4-5-13-11(8)14-7-9/h4-7,10H,2-3,12H2,1H3,(H,13,14). The van der Waals surface area contributed by atoms with Crippen molar-refractivity contribution < 1.29 is 0 Å². The molecule has 3 heteroatoms. The van der Waals surface area contributed by atoms with Gasteiger partial charge in [-0.25, -0.2) is 4.98 Å². The second-order valence-corrected chi connectivity index (χ2v) is 3.58. The molecule has 2 rings (SSSR count). The number of aromatic amines is 1. The summed E-state index contributed by atoms with van der Waals surface area (Å²) in [5.41, 5.74) is 8.07. The van der Waals surface area contributed by atoms with Crippen LogP contribution in [0.2, 0.25) is 0 Å². The summed E-state index contributed by atoms with van der Waals surface area (Å²) in [7, 11) is 0.